The molecule has 0 saturated heterocycles. The third-order valence-electron chi connectivity index (χ3n) is 5.95. The van der Waals surface area contributed by atoms with Gasteiger partial charge in [0.1, 0.15) is 11.8 Å². The number of carbonyl (C=O) groups excluding carboxylic acids is 2. The Morgan fingerprint density at radius 2 is 1.58 bits per heavy atom. The number of unbranched alkanes of at least 4 members (excludes halogenated alkanes) is 1. The maximum atomic E-state index is 13.6. The molecular formula is C30H35ClN2O3. The molecule has 0 spiro atoms. The van der Waals surface area contributed by atoms with Crippen molar-refractivity contribution in [3.8, 4) is 5.75 Å². The van der Waals surface area contributed by atoms with E-state index >= 15 is 0 Å². The van der Waals surface area contributed by atoms with Crippen LogP contribution in [-0.4, -0.2) is 35.9 Å². The van der Waals surface area contributed by atoms with Gasteiger partial charge in [-0.05, 0) is 42.2 Å². The summed E-state index contributed by atoms with van der Waals surface area (Å²) >= 11 is 6.46. The molecule has 3 aromatic rings. The molecule has 0 aliphatic rings. The zero-order valence-corrected chi connectivity index (χ0v) is 21.6. The van der Waals surface area contributed by atoms with Gasteiger partial charge in [0, 0.05) is 31.0 Å². The molecule has 0 saturated carbocycles. The number of nitrogens with zero attached hydrogens (tertiary/aromatic N) is 1. The lowest BCUT2D eigenvalue weighted by molar-refractivity contribution is -0.141. The van der Waals surface area contributed by atoms with E-state index in [4.69, 9.17) is 16.3 Å². The highest BCUT2D eigenvalue weighted by Crippen LogP contribution is 2.21. The predicted molar refractivity (Wildman–Crippen MR) is 145 cm³/mol. The molecule has 0 fully saturated rings. The number of amides is 2. The number of carbonyl (C=O) groups is 2. The van der Waals surface area contributed by atoms with Crippen LogP contribution in [0.4, 0.5) is 0 Å². The van der Waals surface area contributed by atoms with Crippen molar-refractivity contribution in [1.82, 2.24) is 10.2 Å². The summed E-state index contributed by atoms with van der Waals surface area (Å²) in [6, 6.07) is 26.2. The Morgan fingerprint density at radius 1 is 0.917 bits per heavy atom. The molecule has 1 unspecified atom stereocenters. The van der Waals surface area contributed by atoms with Gasteiger partial charge in [-0.3, -0.25) is 9.59 Å². The Balaban J connectivity index is 1.79. The molecule has 0 aromatic heterocycles. The van der Waals surface area contributed by atoms with E-state index in [0.717, 1.165) is 29.7 Å². The highest BCUT2D eigenvalue weighted by Gasteiger charge is 2.30. The molecule has 5 nitrogen and oxygen atoms in total. The minimum Gasteiger partial charge on any atom is -0.494 e. The number of hydrogen-bond acceptors (Lipinski definition) is 3. The summed E-state index contributed by atoms with van der Waals surface area (Å²) in [6.07, 6.45) is 3.11. The summed E-state index contributed by atoms with van der Waals surface area (Å²) in [5, 5.41) is 3.61. The molecule has 36 heavy (non-hydrogen) atoms. The first-order valence-corrected chi connectivity index (χ1v) is 13.0. The highest BCUT2D eigenvalue weighted by atomic mass is 35.5. The van der Waals surface area contributed by atoms with Crippen LogP contribution in [0, 0.1) is 0 Å². The number of rotatable bonds is 14. The zero-order chi connectivity index (χ0) is 25.6. The molecule has 3 rings (SSSR count). The molecule has 1 N–H and O–H groups in total. The number of nitrogens with one attached hydrogen (secondary N) is 1. The van der Waals surface area contributed by atoms with Gasteiger partial charge in [-0.2, -0.15) is 0 Å². The number of benzene rings is 3. The molecule has 0 radical (unpaired) electrons. The van der Waals surface area contributed by atoms with E-state index in [-0.39, 0.29) is 24.8 Å². The minimum atomic E-state index is -0.650. The standard InChI is InChI=1S/C30H35ClN2O3/c1-2-3-20-32-30(35)28(22-24-13-6-4-7-14-24)33(23-25-15-10-11-18-27(25)31)29(34)19-12-21-36-26-16-8-5-9-17-26/h4-11,13-18,28H,2-3,12,19-23H2,1H3,(H,32,35). The van der Waals surface area contributed by atoms with Crippen LogP contribution in [-0.2, 0) is 22.6 Å². The maximum absolute atomic E-state index is 13.6. The fourth-order valence-electron chi connectivity index (χ4n) is 3.94. The third kappa shape index (κ3) is 8.72. The monoisotopic (exact) mass is 506 g/mol. The van der Waals surface area contributed by atoms with Gasteiger partial charge in [0.2, 0.25) is 11.8 Å². The second kappa shape index (κ2) is 14.9. The van der Waals surface area contributed by atoms with Crippen molar-refractivity contribution in [3.63, 3.8) is 0 Å². The van der Waals surface area contributed by atoms with E-state index in [2.05, 4.69) is 12.2 Å². The van der Waals surface area contributed by atoms with Gasteiger partial charge >= 0.3 is 0 Å². The van der Waals surface area contributed by atoms with Crippen LogP contribution in [0.25, 0.3) is 0 Å². The van der Waals surface area contributed by atoms with Crippen molar-refractivity contribution in [2.24, 2.45) is 0 Å². The predicted octanol–water partition coefficient (Wildman–Crippen LogP) is 6.06. The van der Waals surface area contributed by atoms with Gasteiger partial charge in [0.05, 0.1) is 6.61 Å². The first-order valence-electron chi connectivity index (χ1n) is 12.6. The molecule has 190 valence electrons. The Morgan fingerprint density at radius 3 is 2.28 bits per heavy atom. The van der Waals surface area contributed by atoms with Gasteiger partial charge in [-0.15, -0.1) is 0 Å². The fraction of sp³-hybridized carbons (Fsp3) is 0.333. The molecule has 0 heterocycles. The Hall–Kier alpha value is -3.31. The average molecular weight is 507 g/mol. The van der Waals surface area contributed by atoms with Gasteiger partial charge in [-0.1, -0.05) is 91.7 Å². The van der Waals surface area contributed by atoms with Crippen LogP contribution in [0.1, 0.15) is 43.7 Å². The van der Waals surface area contributed by atoms with Crippen LogP contribution < -0.4 is 10.1 Å². The number of para-hydroxylation sites is 1. The maximum Gasteiger partial charge on any atom is 0.243 e. The summed E-state index contributed by atoms with van der Waals surface area (Å²) in [5.41, 5.74) is 1.81. The first-order chi connectivity index (χ1) is 17.6. The van der Waals surface area contributed by atoms with E-state index in [1.54, 1.807) is 11.0 Å². The van der Waals surface area contributed by atoms with E-state index in [0.29, 0.717) is 31.0 Å². The summed E-state index contributed by atoms with van der Waals surface area (Å²) in [4.78, 5) is 28.7. The van der Waals surface area contributed by atoms with E-state index < -0.39 is 6.04 Å². The Kier molecular flexibility index (Phi) is 11.3. The van der Waals surface area contributed by atoms with Crippen LogP contribution in [0.15, 0.2) is 84.9 Å². The lowest BCUT2D eigenvalue weighted by Gasteiger charge is -2.32. The van der Waals surface area contributed by atoms with Crippen molar-refractivity contribution in [2.75, 3.05) is 13.2 Å². The highest BCUT2D eigenvalue weighted by molar-refractivity contribution is 6.31. The van der Waals surface area contributed by atoms with Crippen molar-refractivity contribution >= 4 is 23.4 Å². The van der Waals surface area contributed by atoms with Gasteiger partial charge < -0.3 is 15.0 Å². The molecule has 6 heteroatoms. The molecule has 1 atom stereocenters. The normalized spacial score (nSPS) is 11.5. The summed E-state index contributed by atoms with van der Waals surface area (Å²) in [7, 11) is 0. The van der Waals surface area contributed by atoms with Crippen LogP contribution in [0.5, 0.6) is 5.75 Å². The number of ether oxygens (including phenoxy) is 1. The Bertz CT molecular complexity index is 1080. The molecular weight excluding hydrogens is 472 g/mol. The second-order valence-electron chi connectivity index (χ2n) is 8.73. The van der Waals surface area contributed by atoms with Crippen molar-refractivity contribution in [1.29, 1.82) is 0 Å². The van der Waals surface area contributed by atoms with E-state index in [9.17, 15) is 9.59 Å². The van der Waals surface area contributed by atoms with E-state index in [1.807, 2.05) is 78.9 Å². The Labute approximate surface area is 219 Å². The van der Waals surface area contributed by atoms with Gasteiger partial charge in [0.25, 0.3) is 0 Å². The lowest BCUT2D eigenvalue weighted by Crippen LogP contribution is -2.50. The summed E-state index contributed by atoms with van der Waals surface area (Å²) < 4.78 is 5.77. The van der Waals surface area contributed by atoms with Crippen molar-refractivity contribution < 1.29 is 14.3 Å². The smallest absolute Gasteiger partial charge is 0.243 e. The van der Waals surface area contributed by atoms with Crippen LogP contribution in [0.2, 0.25) is 5.02 Å². The SMILES string of the molecule is CCCCNC(=O)C(Cc1ccccc1)N(Cc1ccccc1Cl)C(=O)CCCOc1ccccc1. The molecule has 2 amide bonds. The van der Waals surface area contributed by atoms with Crippen molar-refractivity contribution in [2.45, 2.75) is 51.6 Å². The minimum absolute atomic E-state index is 0.0989. The molecule has 3 aromatic carbocycles. The molecule has 0 aliphatic heterocycles. The quantitative estimate of drug-likeness (QED) is 0.270. The van der Waals surface area contributed by atoms with Crippen molar-refractivity contribution in [3.05, 3.63) is 101 Å². The average Bonchev–Trinajstić information content (AvgIpc) is 2.91. The summed E-state index contributed by atoms with van der Waals surface area (Å²) in [5.74, 6) is 0.529. The second-order valence-corrected chi connectivity index (χ2v) is 9.14. The van der Waals surface area contributed by atoms with Gasteiger partial charge in [-0.25, -0.2) is 0 Å². The zero-order valence-electron chi connectivity index (χ0n) is 20.9. The lowest BCUT2D eigenvalue weighted by atomic mass is 10.0. The first kappa shape index (κ1) is 27.3. The summed E-state index contributed by atoms with van der Waals surface area (Å²) in [6.45, 7) is 3.34. The third-order valence-corrected chi connectivity index (χ3v) is 6.31. The topological polar surface area (TPSA) is 58.6 Å². The molecule has 0 bridgehead atoms. The van der Waals surface area contributed by atoms with Crippen LogP contribution >= 0.6 is 11.6 Å². The van der Waals surface area contributed by atoms with Crippen LogP contribution in [0.3, 0.4) is 0 Å². The molecule has 0 aliphatic carbocycles. The fourth-order valence-corrected chi connectivity index (χ4v) is 4.14. The van der Waals surface area contributed by atoms with E-state index in [1.165, 1.54) is 0 Å². The number of halogens is 1. The number of hydrogen-bond donors (Lipinski definition) is 1. The van der Waals surface area contributed by atoms with Gasteiger partial charge in [0.15, 0.2) is 0 Å². The largest absolute Gasteiger partial charge is 0.494 e.